The first-order chi connectivity index (χ1) is 15.7. The van der Waals surface area contributed by atoms with Crippen molar-refractivity contribution in [1.29, 1.82) is 5.26 Å². The Hall–Kier alpha value is -3.05. The number of hydrogen-bond donors (Lipinski definition) is 0. The van der Waals surface area contributed by atoms with Crippen LogP contribution in [0.5, 0.6) is 0 Å². The van der Waals surface area contributed by atoms with E-state index in [1.807, 2.05) is 41.1 Å². The maximum absolute atomic E-state index is 13.1. The summed E-state index contributed by atoms with van der Waals surface area (Å²) in [5.41, 5.74) is 2.85. The Morgan fingerprint density at radius 2 is 1.78 bits per heavy atom. The zero-order chi connectivity index (χ0) is 21.9. The topological polar surface area (TPSA) is 65.2 Å². The number of hydrogen-bond acceptors (Lipinski definition) is 6. The normalized spacial score (nSPS) is 15.3. The summed E-state index contributed by atoms with van der Waals surface area (Å²) in [5.74, 6) is 0.150. The first kappa shape index (κ1) is 20.8. The maximum atomic E-state index is 13.1. The van der Waals surface area contributed by atoms with Crippen molar-refractivity contribution in [2.75, 3.05) is 32.7 Å². The van der Waals surface area contributed by atoms with Gasteiger partial charge in [-0.1, -0.05) is 30.3 Å². The van der Waals surface area contributed by atoms with Gasteiger partial charge in [0, 0.05) is 55.4 Å². The fourth-order valence-corrected chi connectivity index (χ4v) is 5.41. The van der Waals surface area contributed by atoms with Crippen molar-refractivity contribution in [3.8, 4) is 6.07 Å². The summed E-state index contributed by atoms with van der Waals surface area (Å²) in [4.78, 5) is 22.6. The predicted molar refractivity (Wildman–Crippen MR) is 128 cm³/mol. The third kappa shape index (κ3) is 4.30. The number of thiazole rings is 1. The number of aromatic nitrogens is 2. The molecule has 1 saturated heterocycles. The average molecular weight is 444 g/mol. The van der Waals surface area contributed by atoms with Gasteiger partial charge in [-0.25, -0.2) is 4.98 Å². The molecular formula is C25H25N5OS. The van der Waals surface area contributed by atoms with E-state index in [2.05, 4.69) is 34.1 Å². The number of nitriles is 1. The van der Waals surface area contributed by atoms with Crippen LogP contribution in [0.1, 0.15) is 21.8 Å². The van der Waals surface area contributed by atoms with Crippen molar-refractivity contribution in [3.05, 3.63) is 65.3 Å². The number of aryl methyl sites for hydroxylation is 1. The molecule has 0 saturated carbocycles. The van der Waals surface area contributed by atoms with Crippen LogP contribution in [0.3, 0.4) is 0 Å². The molecule has 162 valence electrons. The summed E-state index contributed by atoms with van der Waals surface area (Å²) < 4.78 is 3.27. The van der Waals surface area contributed by atoms with E-state index >= 15 is 0 Å². The van der Waals surface area contributed by atoms with Gasteiger partial charge in [0.25, 0.3) is 0 Å². The number of rotatable bonds is 7. The summed E-state index contributed by atoms with van der Waals surface area (Å²) in [6.45, 7) is 5.54. The van der Waals surface area contributed by atoms with Gasteiger partial charge in [0.05, 0.1) is 35.8 Å². The van der Waals surface area contributed by atoms with Gasteiger partial charge < -0.3 is 4.57 Å². The molecule has 0 atom stereocenters. The molecular weight excluding hydrogens is 418 g/mol. The van der Waals surface area contributed by atoms with Crippen molar-refractivity contribution in [2.45, 2.75) is 19.5 Å². The van der Waals surface area contributed by atoms with Crippen molar-refractivity contribution in [1.82, 2.24) is 19.4 Å². The molecule has 32 heavy (non-hydrogen) atoms. The fourth-order valence-electron chi connectivity index (χ4n) is 4.40. The molecule has 2 aromatic carbocycles. The molecule has 0 spiro atoms. The molecule has 7 heteroatoms. The molecule has 3 heterocycles. The van der Waals surface area contributed by atoms with E-state index in [0.717, 1.165) is 59.7 Å². The van der Waals surface area contributed by atoms with Crippen LogP contribution in [0.15, 0.2) is 54.7 Å². The molecule has 1 aliphatic rings. The van der Waals surface area contributed by atoms with Crippen LogP contribution >= 0.6 is 11.3 Å². The highest BCUT2D eigenvalue weighted by molar-refractivity contribution is 7.18. The van der Waals surface area contributed by atoms with E-state index < -0.39 is 0 Å². The van der Waals surface area contributed by atoms with E-state index in [1.165, 1.54) is 4.70 Å². The summed E-state index contributed by atoms with van der Waals surface area (Å²) in [5, 5.41) is 11.1. The average Bonchev–Trinajstić information content (AvgIpc) is 3.40. The Bertz CT molecular complexity index is 1260. The highest BCUT2D eigenvalue weighted by Gasteiger charge is 2.22. The molecule has 0 N–H and O–H groups in total. The van der Waals surface area contributed by atoms with Crippen LogP contribution in [0, 0.1) is 11.3 Å². The Balaban J connectivity index is 1.21. The number of carbonyl (C=O) groups excluding carboxylic acids is 1. The van der Waals surface area contributed by atoms with E-state index in [9.17, 15) is 4.79 Å². The number of ketones is 1. The third-order valence-electron chi connectivity index (χ3n) is 6.08. The van der Waals surface area contributed by atoms with Gasteiger partial charge in [-0.05, 0) is 18.2 Å². The predicted octanol–water partition coefficient (Wildman–Crippen LogP) is 4.17. The van der Waals surface area contributed by atoms with Crippen LogP contribution in [0.4, 0.5) is 0 Å². The van der Waals surface area contributed by atoms with Gasteiger partial charge in [0.15, 0.2) is 5.78 Å². The van der Waals surface area contributed by atoms with E-state index in [0.29, 0.717) is 19.5 Å². The van der Waals surface area contributed by atoms with Gasteiger partial charge in [-0.15, -0.1) is 11.3 Å². The van der Waals surface area contributed by atoms with Gasteiger partial charge in [-0.3, -0.25) is 14.6 Å². The molecule has 0 radical (unpaired) electrons. The van der Waals surface area contributed by atoms with Gasteiger partial charge >= 0.3 is 0 Å². The Labute approximate surface area is 191 Å². The van der Waals surface area contributed by atoms with Gasteiger partial charge in [0.1, 0.15) is 5.01 Å². The molecule has 1 fully saturated rings. The van der Waals surface area contributed by atoms with Gasteiger partial charge in [-0.2, -0.15) is 5.26 Å². The standard InChI is InChI=1S/C25H25N5OS/c26-10-5-11-30-16-20(19-6-1-3-8-22(19)30)23(31)17-28-12-14-29(15-13-28)18-25-27-21-7-2-4-9-24(21)32-25/h1-4,6-9,16H,5,11-15,17-18H2. The lowest BCUT2D eigenvalue weighted by atomic mass is 10.1. The van der Waals surface area contributed by atoms with E-state index in [1.54, 1.807) is 11.3 Å². The van der Waals surface area contributed by atoms with Crippen molar-refractivity contribution in [2.24, 2.45) is 0 Å². The number of Topliss-reactive ketones (excluding diaryl/α,β-unsaturated/α-hetero) is 1. The molecule has 4 aromatic rings. The number of piperazine rings is 1. The number of fused-ring (bicyclic) bond motifs is 2. The molecule has 0 unspecified atom stereocenters. The summed E-state index contributed by atoms with van der Waals surface area (Å²) >= 11 is 1.77. The summed E-state index contributed by atoms with van der Waals surface area (Å²) in [6, 6.07) is 18.4. The van der Waals surface area contributed by atoms with Crippen LogP contribution in [-0.4, -0.2) is 57.9 Å². The number of para-hydroxylation sites is 2. The quantitative estimate of drug-likeness (QED) is 0.401. The van der Waals surface area contributed by atoms with Crippen LogP contribution in [0.2, 0.25) is 0 Å². The number of nitrogens with zero attached hydrogens (tertiary/aromatic N) is 5. The maximum Gasteiger partial charge on any atom is 0.178 e. The zero-order valence-electron chi connectivity index (χ0n) is 17.9. The summed E-state index contributed by atoms with van der Waals surface area (Å²) in [7, 11) is 0. The third-order valence-corrected chi connectivity index (χ3v) is 7.10. The summed E-state index contributed by atoms with van der Waals surface area (Å²) in [6.07, 6.45) is 2.36. The van der Waals surface area contributed by atoms with Crippen molar-refractivity contribution >= 4 is 38.2 Å². The molecule has 5 rings (SSSR count). The van der Waals surface area contributed by atoms with E-state index in [4.69, 9.17) is 10.2 Å². The number of carbonyl (C=O) groups is 1. The van der Waals surface area contributed by atoms with Crippen LogP contribution < -0.4 is 0 Å². The minimum Gasteiger partial charge on any atom is -0.346 e. The molecule has 2 aromatic heterocycles. The lowest BCUT2D eigenvalue weighted by molar-refractivity contribution is 0.0845. The largest absolute Gasteiger partial charge is 0.346 e. The monoisotopic (exact) mass is 443 g/mol. The Kier molecular flexibility index (Phi) is 5.99. The SMILES string of the molecule is N#CCCn1cc(C(=O)CN2CCN(Cc3nc4ccccc4s3)CC2)c2ccccc21. The Morgan fingerprint density at radius 1 is 1.03 bits per heavy atom. The lowest BCUT2D eigenvalue weighted by Crippen LogP contribution is -2.47. The molecule has 1 aliphatic heterocycles. The first-order valence-corrected chi connectivity index (χ1v) is 11.8. The van der Waals surface area contributed by atoms with Crippen LogP contribution in [0.25, 0.3) is 21.1 Å². The molecule has 0 bridgehead atoms. The highest BCUT2D eigenvalue weighted by atomic mass is 32.1. The van der Waals surface area contributed by atoms with Crippen LogP contribution in [-0.2, 0) is 13.1 Å². The second kappa shape index (κ2) is 9.21. The second-order valence-corrected chi connectivity index (χ2v) is 9.33. The van der Waals surface area contributed by atoms with Crippen molar-refractivity contribution in [3.63, 3.8) is 0 Å². The number of benzene rings is 2. The first-order valence-electron chi connectivity index (χ1n) is 11.0. The van der Waals surface area contributed by atoms with Gasteiger partial charge in [0.2, 0.25) is 0 Å². The van der Waals surface area contributed by atoms with E-state index in [-0.39, 0.29) is 5.78 Å². The lowest BCUT2D eigenvalue weighted by Gasteiger charge is -2.33. The molecule has 6 nitrogen and oxygen atoms in total. The van der Waals surface area contributed by atoms with Crippen molar-refractivity contribution < 1.29 is 4.79 Å². The Morgan fingerprint density at radius 3 is 2.59 bits per heavy atom. The zero-order valence-corrected chi connectivity index (χ0v) is 18.7. The molecule has 0 aliphatic carbocycles. The minimum absolute atomic E-state index is 0.150. The molecule has 0 amide bonds. The smallest absolute Gasteiger partial charge is 0.178 e. The minimum atomic E-state index is 0.150. The highest BCUT2D eigenvalue weighted by Crippen LogP contribution is 2.24. The fraction of sp³-hybridized carbons (Fsp3) is 0.320. The second-order valence-electron chi connectivity index (χ2n) is 8.21.